The molecule has 0 amide bonds. The Morgan fingerprint density at radius 1 is 1.27 bits per heavy atom. The molecule has 3 rings (SSSR count). The smallest absolute Gasteiger partial charge is 0.158 e. The first-order chi connectivity index (χ1) is 12.5. The quantitative estimate of drug-likeness (QED) is 0.500. The van der Waals surface area contributed by atoms with Gasteiger partial charge in [0, 0.05) is 31.3 Å². The topological polar surface area (TPSA) is 35.5 Å². The van der Waals surface area contributed by atoms with Crippen LogP contribution in [0.4, 0.5) is 0 Å². The fourth-order valence-electron chi connectivity index (χ4n) is 4.77. The zero-order chi connectivity index (χ0) is 18.6. The van der Waals surface area contributed by atoms with Crippen molar-refractivity contribution in [1.82, 2.24) is 0 Å². The van der Waals surface area contributed by atoms with Crippen LogP contribution in [0.1, 0.15) is 72.1 Å². The highest BCUT2D eigenvalue weighted by molar-refractivity contribution is 5.81. The van der Waals surface area contributed by atoms with Gasteiger partial charge in [-0.3, -0.25) is 4.79 Å². The SMILES string of the molecule is CC#CCC(C)(C)[C@@H](/C=C/C1CCC2CC(=O)CC12)OC1CCCCO1. The maximum absolute atomic E-state index is 11.8. The van der Waals surface area contributed by atoms with Gasteiger partial charge in [0.2, 0.25) is 0 Å². The number of Topliss-reactive ketones (excluding diaryl/α,β-unsaturated/α-hetero) is 1. The van der Waals surface area contributed by atoms with E-state index in [1.807, 2.05) is 6.92 Å². The van der Waals surface area contributed by atoms with E-state index in [4.69, 9.17) is 9.47 Å². The van der Waals surface area contributed by atoms with Crippen molar-refractivity contribution in [3.8, 4) is 11.8 Å². The first-order valence-electron chi connectivity index (χ1n) is 10.4. The fraction of sp³-hybridized carbons (Fsp3) is 0.783. The molecular weight excluding hydrogens is 324 g/mol. The monoisotopic (exact) mass is 358 g/mol. The van der Waals surface area contributed by atoms with Crippen molar-refractivity contribution in [2.24, 2.45) is 23.2 Å². The maximum Gasteiger partial charge on any atom is 0.158 e. The van der Waals surface area contributed by atoms with Gasteiger partial charge in [-0.15, -0.1) is 11.8 Å². The first-order valence-corrected chi connectivity index (χ1v) is 10.4. The largest absolute Gasteiger partial charge is 0.353 e. The molecule has 5 atom stereocenters. The van der Waals surface area contributed by atoms with Gasteiger partial charge < -0.3 is 9.47 Å². The van der Waals surface area contributed by atoms with Crippen LogP contribution >= 0.6 is 0 Å². The van der Waals surface area contributed by atoms with Crippen LogP contribution in [-0.4, -0.2) is 24.8 Å². The molecular formula is C23H34O3. The number of allylic oxidation sites excluding steroid dienone is 1. The van der Waals surface area contributed by atoms with Crippen LogP contribution in [0, 0.1) is 35.0 Å². The lowest BCUT2D eigenvalue weighted by Crippen LogP contribution is -2.36. The summed E-state index contributed by atoms with van der Waals surface area (Å²) in [5.74, 6) is 8.41. The van der Waals surface area contributed by atoms with Gasteiger partial charge >= 0.3 is 0 Å². The van der Waals surface area contributed by atoms with Gasteiger partial charge in [-0.2, -0.15) is 0 Å². The molecule has 0 aromatic rings. The van der Waals surface area contributed by atoms with Crippen molar-refractivity contribution in [3.05, 3.63) is 12.2 Å². The standard InChI is InChI=1S/C23H34O3/c1-4-5-13-23(2,3)21(26-22-8-6-7-14-25-22)12-11-17-9-10-18-15-19(24)16-20(17)18/h11-12,17-18,20-22H,6-10,13-16H2,1-3H3/b12-11+/t17?,18?,20?,21-,22?/m1/s1. The lowest BCUT2D eigenvalue weighted by Gasteiger charge is -2.35. The third-order valence-corrected chi connectivity index (χ3v) is 6.44. The number of hydrogen-bond donors (Lipinski definition) is 0. The molecule has 1 aliphatic heterocycles. The molecule has 0 bridgehead atoms. The average Bonchev–Trinajstić information content (AvgIpc) is 3.17. The van der Waals surface area contributed by atoms with Crippen LogP contribution in [0.5, 0.6) is 0 Å². The Morgan fingerprint density at radius 3 is 2.85 bits per heavy atom. The van der Waals surface area contributed by atoms with Gasteiger partial charge in [-0.1, -0.05) is 26.0 Å². The minimum absolute atomic E-state index is 0.0115. The van der Waals surface area contributed by atoms with E-state index >= 15 is 0 Å². The van der Waals surface area contributed by atoms with Gasteiger partial charge in [0.1, 0.15) is 5.78 Å². The van der Waals surface area contributed by atoms with Crippen LogP contribution in [0.25, 0.3) is 0 Å². The normalized spacial score (nSPS) is 33.1. The predicted molar refractivity (Wildman–Crippen MR) is 103 cm³/mol. The lowest BCUT2D eigenvalue weighted by molar-refractivity contribution is -0.196. The summed E-state index contributed by atoms with van der Waals surface area (Å²) >= 11 is 0. The number of carbonyl (C=O) groups is 1. The molecule has 0 aromatic heterocycles. The van der Waals surface area contributed by atoms with Crippen LogP contribution in [0.2, 0.25) is 0 Å². The van der Waals surface area contributed by atoms with E-state index in [-0.39, 0.29) is 17.8 Å². The van der Waals surface area contributed by atoms with Crippen molar-refractivity contribution < 1.29 is 14.3 Å². The molecule has 0 N–H and O–H groups in total. The Hall–Kier alpha value is -1.11. The van der Waals surface area contributed by atoms with Crippen molar-refractivity contribution in [2.45, 2.75) is 84.5 Å². The van der Waals surface area contributed by atoms with Gasteiger partial charge in [-0.05, 0) is 56.8 Å². The van der Waals surface area contributed by atoms with Gasteiger partial charge in [-0.25, -0.2) is 0 Å². The molecule has 2 saturated carbocycles. The van der Waals surface area contributed by atoms with E-state index in [0.717, 1.165) is 38.7 Å². The fourth-order valence-corrected chi connectivity index (χ4v) is 4.77. The summed E-state index contributed by atoms with van der Waals surface area (Å²) < 4.78 is 12.2. The molecule has 3 nitrogen and oxygen atoms in total. The van der Waals surface area contributed by atoms with Gasteiger partial charge in [0.25, 0.3) is 0 Å². The van der Waals surface area contributed by atoms with E-state index in [1.54, 1.807) is 0 Å². The highest BCUT2D eigenvalue weighted by Crippen LogP contribution is 2.47. The Kier molecular flexibility index (Phi) is 6.59. The Balaban J connectivity index is 1.69. The van der Waals surface area contributed by atoms with Crippen molar-refractivity contribution >= 4 is 5.78 Å². The zero-order valence-electron chi connectivity index (χ0n) is 16.6. The number of hydrogen-bond acceptors (Lipinski definition) is 3. The Morgan fingerprint density at radius 2 is 2.12 bits per heavy atom. The summed E-state index contributed by atoms with van der Waals surface area (Å²) in [6.07, 6.45) is 12.6. The van der Waals surface area contributed by atoms with E-state index in [2.05, 4.69) is 37.8 Å². The third-order valence-electron chi connectivity index (χ3n) is 6.44. The number of carbonyl (C=O) groups excluding carboxylic acids is 1. The molecule has 1 saturated heterocycles. The summed E-state index contributed by atoms with van der Waals surface area (Å²) in [5.41, 5.74) is -0.0657. The molecule has 144 valence electrons. The number of rotatable bonds is 6. The van der Waals surface area contributed by atoms with E-state index in [0.29, 0.717) is 23.5 Å². The number of ether oxygens (including phenoxy) is 2. The second-order valence-corrected chi connectivity index (χ2v) is 8.94. The van der Waals surface area contributed by atoms with Crippen LogP contribution in [0.3, 0.4) is 0 Å². The number of ketones is 1. The molecule has 0 radical (unpaired) electrons. The first kappa shape index (κ1) is 19.6. The summed E-state index contributed by atoms with van der Waals surface area (Å²) in [4.78, 5) is 11.8. The highest BCUT2D eigenvalue weighted by Gasteiger charge is 2.42. The van der Waals surface area contributed by atoms with E-state index in [9.17, 15) is 4.79 Å². The van der Waals surface area contributed by atoms with Crippen molar-refractivity contribution in [1.29, 1.82) is 0 Å². The summed E-state index contributed by atoms with van der Waals surface area (Å²) in [7, 11) is 0. The van der Waals surface area contributed by atoms with Crippen LogP contribution < -0.4 is 0 Å². The number of fused-ring (bicyclic) bond motifs is 1. The molecule has 0 spiro atoms. The highest BCUT2D eigenvalue weighted by atomic mass is 16.7. The molecule has 2 aliphatic carbocycles. The third kappa shape index (κ3) is 4.78. The summed E-state index contributed by atoms with van der Waals surface area (Å²) in [6.45, 7) is 7.14. The van der Waals surface area contributed by atoms with Crippen molar-refractivity contribution in [2.75, 3.05) is 6.61 Å². The maximum atomic E-state index is 11.8. The molecule has 3 aliphatic rings. The van der Waals surface area contributed by atoms with E-state index < -0.39 is 0 Å². The zero-order valence-corrected chi connectivity index (χ0v) is 16.6. The predicted octanol–water partition coefficient (Wildman–Crippen LogP) is 4.90. The summed E-state index contributed by atoms with van der Waals surface area (Å²) in [5, 5.41) is 0. The van der Waals surface area contributed by atoms with Gasteiger partial charge in [0.05, 0.1) is 6.10 Å². The Bertz CT molecular complexity index is 574. The molecule has 3 heteroatoms. The van der Waals surface area contributed by atoms with Crippen LogP contribution in [-0.2, 0) is 14.3 Å². The van der Waals surface area contributed by atoms with Gasteiger partial charge in [0.15, 0.2) is 6.29 Å². The molecule has 1 heterocycles. The molecule has 3 fully saturated rings. The molecule has 26 heavy (non-hydrogen) atoms. The molecule has 0 aromatic carbocycles. The van der Waals surface area contributed by atoms with Crippen LogP contribution in [0.15, 0.2) is 12.2 Å². The molecule has 4 unspecified atom stereocenters. The summed E-state index contributed by atoms with van der Waals surface area (Å²) in [6, 6.07) is 0. The van der Waals surface area contributed by atoms with E-state index in [1.165, 1.54) is 19.3 Å². The van der Waals surface area contributed by atoms with Crippen molar-refractivity contribution in [3.63, 3.8) is 0 Å². The second-order valence-electron chi connectivity index (χ2n) is 8.94. The lowest BCUT2D eigenvalue weighted by atomic mass is 9.81. The average molecular weight is 359 g/mol. The second kappa shape index (κ2) is 8.72. The minimum atomic E-state index is -0.100. The Labute approximate surface area is 158 Å². The minimum Gasteiger partial charge on any atom is -0.353 e.